The number of halogens is 2. The molecule has 2 amide bonds. The first-order valence-electron chi connectivity index (χ1n) is 6.54. The quantitative estimate of drug-likeness (QED) is 0.846. The molecule has 22 heavy (non-hydrogen) atoms. The van der Waals surface area contributed by atoms with Crippen LogP contribution >= 0.6 is 23.2 Å². The molecule has 1 aromatic rings. The van der Waals surface area contributed by atoms with Crippen LogP contribution in [0.5, 0.6) is 0 Å². The SMILES string of the molecule is CN(CC(=O)O)C(=O)[C@@H]1CCN(c2cc(Cl)ccc2Cl)C1=O. The van der Waals surface area contributed by atoms with Crippen LogP contribution in [0.3, 0.4) is 0 Å². The summed E-state index contributed by atoms with van der Waals surface area (Å²) in [4.78, 5) is 37.7. The van der Waals surface area contributed by atoms with Crippen LogP contribution in [-0.4, -0.2) is 47.9 Å². The molecule has 0 bridgehead atoms. The Morgan fingerprint density at radius 3 is 2.73 bits per heavy atom. The van der Waals surface area contributed by atoms with Gasteiger partial charge in [-0.15, -0.1) is 0 Å². The van der Waals surface area contributed by atoms with Gasteiger partial charge in [-0.2, -0.15) is 0 Å². The van der Waals surface area contributed by atoms with Gasteiger partial charge < -0.3 is 14.9 Å². The number of anilines is 1. The molecule has 1 aliphatic rings. The maximum atomic E-state index is 12.4. The van der Waals surface area contributed by atoms with Gasteiger partial charge in [0.2, 0.25) is 11.8 Å². The molecule has 0 radical (unpaired) electrons. The van der Waals surface area contributed by atoms with Crippen LogP contribution in [0.25, 0.3) is 0 Å². The van der Waals surface area contributed by atoms with Gasteiger partial charge in [0.25, 0.3) is 0 Å². The second-order valence-electron chi connectivity index (χ2n) is 5.01. The molecule has 0 saturated carbocycles. The topological polar surface area (TPSA) is 77.9 Å². The van der Waals surface area contributed by atoms with Crippen LogP contribution in [0.15, 0.2) is 18.2 Å². The lowest BCUT2D eigenvalue weighted by molar-refractivity contribution is -0.146. The van der Waals surface area contributed by atoms with Crippen LogP contribution in [0.2, 0.25) is 10.0 Å². The molecule has 0 aromatic heterocycles. The van der Waals surface area contributed by atoms with Gasteiger partial charge in [-0.3, -0.25) is 14.4 Å². The molecule has 1 atom stereocenters. The first kappa shape index (κ1) is 16.6. The van der Waals surface area contributed by atoms with Crippen molar-refractivity contribution in [2.24, 2.45) is 5.92 Å². The number of hydrogen-bond donors (Lipinski definition) is 1. The summed E-state index contributed by atoms with van der Waals surface area (Å²) >= 11 is 12.0. The molecular formula is C14H14Cl2N2O4. The summed E-state index contributed by atoms with van der Waals surface area (Å²) in [5.74, 6) is -2.92. The molecule has 1 saturated heterocycles. The molecule has 118 valence electrons. The number of carbonyl (C=O) groups excluding carboxylic acids is 2. The summed E-state index contributed by atoms with van der Waals surface area (Å²) in [6, 6.07) is 4.75. The van der Waals surface area contributed by atoms with E-state index < -0.39 is 30.2 Å². The number of nitrogens with zero attached hydrogens (tertiary/aromatic N) is 2. The molecule has 1 aromatic carbocycles. The maximum absolute atomic E-state index is 12.4. The van der Waals surface area contributed by atoms with Gasteiger partial charge in [0, 0.05) is 18.6 Å². The van der Waals surface area contributed by atoms with Crippen molar-refractivity contribution in [3.8, 4) is 0 Å². The van der Waals surface area contributed by atoms with Crippen LogP contribution in [0, 0.1) is 5.92 Å². The molecule has 6 nitrogen and oxygen atoms in total. The molecule has 1 fully saturated rings. The molecule has 8 heteroatoms. The van der Waals surface area contributed by atoms with Crippen molar-refractivity contribution in [2.45, 2.75) is 6.42 Å². The number of rotatable bonds is 4. The summed E-state index contributed by atoms with van der Waals surface area (Å²) in [5, 5.41) is 9.52. The number of benzene rings is 1. The van der Waals surface area contributed by atoms with Crippen LogP contribution in [0.1, 0.15) is 6.42 Å². The molecule has 1 aliphatic heterocycles. The van der Waals surface area contributed by atoms with Crippen LogP contribution in [0.4, 0.5) is 5.69 Å². The van der Waals surface area contributed by atoms with E-state index in [1.807, 2.05) is 0 Å². The largest absolute Gasteiger partial charge is 0.480 e. The number of carboxylic acids is 1. The van der Waals surface area contributed by atoms with Crippen LogP contribution < -0.4 is 4.90 Å². The van der Waals surface area contributed by atoms with E-state index in [9.17, 15) is 14.4 Å². The fourth-order valence-corrected chi connectivity index (χ4v) is 2.77. The third-order valence-corrected chi connectivity index (χ3v) is 4.01. The lowest BCUT2D eigenvalue weighted by atomic mass is 10.1. The molecule has 0 spiro atoms. The zero-order valence-electron chi connectivity index (χ0n) is 11.8. The first-order valence-corrected chi connectivity index (χ1v) is 7.30. The Balaban J connectivity index is 2.17. The van der Waals surface area contributed by atoms with E-state index >= 15 is 0 Å². The van der Waals surface area contributed by atoms with Gasteiger partial charge in [0.1, 0.15) is 12.5 Å². The maximum Gasteiger partial charge on any atom is 0.323 e. The zero-order valence-corrected chi connectivity index (χ0v) is 13.3. The second kappa shape index (κ2) is 6.54. The van der Waals surface area contributed by atoms with Crippen molar-refractivity contribution in [1.82, 2.24) is 4.90 Å². The van der Waals surface area contributed by atoms with E-state index in [2.05, 4.69) is 0 Å². The Morgan fingerprint density at radius 1 is 1.41 bits per heavy atom. The lowest BCUT2D eigenvalue weighted by Gasteiger charge is -2.20. The summed E-state index contributed by atoms with van der Waals surface area (Å²) in [7, 11) is 1.36. The van der Waals surface area contributed by atoms with Crippen LogP contribution in [-0.2, 0) is 14.4 Å². The van der Waals surface area contributed by atoms with E-state index in [0.29, 0.717) is 28.7 Å². The second-order valence-corrected chi connectivity index (χ2v) is 5.86. The van der Waals surface area contributed by atoms with E-state index in [0.717, 1.165) is 4.90 Å². The standard InChI is InChI=1S/C14H14Cl2N2O4/c1-17(7-12(19)20)13(21)9-4-5-18(14(9)22)11-6-8(15)2-3-10(11)16/h2-3,6,9H,4-5,7H2,1H3,(H,19,20)/t9-/m0/s1. The Morgan fingerprint density at radius 2 is 2.09 bits per heavy atom. The van der Waals surface area contributed by atoms with Gasteiger partial charge in [-0.25, -0.2) is 0 Å². The summed E-state index contributed by atoms with van der Waals surface area (Å²) in [6.07, 6.45) is 0.310. The zero-order chi connectivity index (χ0) is 16.4. The highest BCUT2D eigenvalue weighted by molar-refractivity contribution is 6.36. The van der Waals surface area contributed by atoms with Crippen molar-refractivity contribution >= 4 is 46.7 Å². The number of hydrogen-bond acceptors (Lipinski definition) is 3. The average molecular weight is 345 g/mol. The predicted molar refractivity (Wildman–Crippen MR) is 82.2 cm³/mol. The smallest absolute Gasteiger partial charge is 0.323 e. The summed E-state index contributed by atoms with van der Waals surface area (Å²) < 4.78 is 0. The molecule has 1 N–H and O–H groups in total. The molecule has 1 heterocycles. The summed E-state index contributed by atoms with van der Waals surface area (Å²) in [5.41, 5.74) is 0.454. The van der Waals surface area contributed by atoms with E-state index in [4.69, 9.17) is 28.3 Å². The fourth-order valence-electron chi connectivity index (χ4n) is 2.39. The third-order valence-electron chi connectivity index (χ3n) is 3.45. The average Bonchev–Trinajstić information content (AvgIpc) is 2.81. The minimum absolute atomic E-state index is 0.310. The Hall–Kier alpha value is -1.79. The highest BCUT2D eigenvalue weighted by Gasteiger charge is 2.39. The Labute approximate surface area is 137 Å². The minimum Gasteiger partial charge on any atom is -0.480 e. The number of carboxylic acid groups (broad SMARTS) is 1. The van der Waals surface area contributed by atoms with Crippen molar-refractivity contribution in [1.29, 1.82) is 0 Å². The predicted octanol–water partition coefficient (Wildman–Crippen LogP) is 1.89. The molecule has 0 aliphatic carbocycles. The van der Waals surface area contributed by atoms with Gasteiger partial charge >= 0.3 is 5.97 Å². The van der Waals surface area contributed by atoms with Crippen molar-refractivity contribution < 1.29 is 19.5 Å². The number of amides is 2. The lowest BCUT2D eigenvalue weighted by Crippen LogP contribution is -2.40. The number of carbonyl (C=O) groups is 3. The summed E-state index contributed by atoms with van der Waals surface area (Å²) in [6.45, 7) is -0.114. The Bertz CT molecular complexity index is 635. The fraction of sp³-hybridized carbons (Fsp3) is 0.357. The normalized spacial score (nSPS) is 17.7. The molecular weight excluding hydrogens is 331 g/mol. The van der Waals surface area contributed by atoms with Crippen molar-refractivity contribution in [3.63, 3.8) is 0 Å². The van der Waals surface area contributed by atoms with Gasteiger partial charge in [0.15, 0.2) is 0 Å². The minimum atomic E-state index is -1.13. The number of likely N-dealkylation sites (N-methyl/N-ethyl adjacent to an activating group) is 1. The Kier molecular flexibility index (Phi) is 4.93. The number of aliphatic carboxylic acids is 1. The molecule has 2 rings (SSSR count). The molecule has 0 unspecified atom stereocenters. The third kappa shape index (κ3) is 3.34. The van der Waals surface area contributed by atoms with Gasteiger partial charge in [-0.05, 0) is 24.6 Å². The van der Waals surface area contributed by atoms with E-state index in [-0.39, 0.29) is 0 Å². The van der Waals surface area contributed by atoms with Gasteiger partial charge in [-0.1, -0.05) is 23.2 Å². The van der Waals surface area contributed by atoms with E-state index in [1.165, 1.54) is 11.9 Å². The first-order chi connectivity index (χ1) is 10.3. The monoisotopic (exact) mass is 344 g/mol. The van der Waals surface area contributed by atoms with Crippen molar-refractivity contribution in [3.05, 3.63) is 28.2 Å². The van der Waals surface area contributed by atoms with Crippen molar-refractivity contribution in [2.75, 3.05) is 25.0 Å². The van der Waals surface area contributed by atoms with E-state index in [1.54, 1.807) is 18.2 Å². The highest BCUT2D eigenvalue weighted by Crippen LogP contribution is 2.33. The highest BCUT2D eigenvalue weighted by atomic mass is 35.5. The van der Waals surface area contributed by atoms with Gasteiger partial charge in [0.05, 0.1) is 10.7 Å².